The van der Waals surface area contributed by atoms with E-state index >= 15 is 0 Å². The first kappa shape index (κ1) is 18.1. The van der Waals surface area contributed by atoms with Gasteiger partial charge in [0.2, 0.25) is 0 Å². The number of hydrogen-bond acceptors (Lipinski definition) is 2. The van der Waals surface area contributed by atoms with Gasteiger partial charge in [-0.1, -0.05) is 24.4 Å². The lowest BCUT2D eigenvalue weighted by molar-refractivity contribution is 0.349. The average Bonchev–Trinajstić information content (AvgIpc) is 2.35. The SMILES string of the molecule is C#CCOc1ccc(Cl)cc1CNC(C)(C)CC.Cl. The molecule has 0 aromatic heterocycles. The van der Waals surface area contributed by atoms with E-state index < -0.39 is 0 Å². The van der Waals surface area contributed by atoms with Crippen molar-refractivity contribution in [1.29, 1.82) is 0 Å². The largest absolute Gasteiger partial charge is 0.481 e. The average molecular weight is 302 g/mol. The summed E-state index contributed by atoms with van der Waals surface area (Å²) in [6, 6.07) is 5.57. The van der Waals surface area contributed by atoms with Gasteiger partial charge in [-0.15, -0.1) is 18.8 Å². The van der Waals surface area contributed by atoms with Crippen molar-refractivity contribution in [1.82, 2.24) is 5.32 Å². The van der Waals surface area contributed by atoms with E-state index in [1.807, 2.05) is 18.2 Å². The molecule has 0 bridgehead atoms. The van der Waals surface area contributed by atoms with Crippen LogP contribution in [0.4, 0.5) is 0 Å². The number of terminal acetylenes is 1. The van der Waals surface area contributed by atoms with Crippen molar-refractivity contribution in [3.05, 3.63) is 28.8 Å². The van der Waals surface area contributed by atoms with Crippen molar-refractivity contribution >= 4 is 24.0 Å². The van der Waals surface area contributed by atoms with Gasteiger partial charge in [-0.3, -0.25) is 0 Å². The minimum atomic E-state index is 0. The third kappa shape index (κ3) is 6.20. The predicted molar refractivity (Wildman–Crippen MR) is 84.2 cm³/mol. The molecule has 0 fully saturated rings. The van der Waals surface area contributed by atoms with Gasteiger partial charge in [0, 0.05) is 22.7 Å². The molecule has 106 valence electrons. The van der Waals surface area contributed by atoms with E-state index in [1.165, 1.54) is 0 Å². The van der Waals surface area contributed by atoms with Gasteiger partial charge in [-0.2, -0.15) is 0 Å². The van der Waals surface area contributed by atoms with Crippen LogP contribution in [0.3, 0.4) is 0 Å². The lowest BCUT2D eigenvalue weighted by Crippen LogP contribution is -2.37. The van der Waals surface area contributed by atoms with E-state index in [0.29, 0.717) is 11.6 Å². The maximum atomic E-state index is 6.01. The molecule has 0 atom stereocenters. The van der Waals surface area contributed by atoms with Gasteiger partial charge in [0.15, 0.2) is 0 Å². The van der Waals surface area contributed by atoms with E-state index in [4.69, 9.17) is 22.8 Å². The number of rotatable bonds is 6. The highest BCUT2D eigenvalue weighted by molar-refractivity contribution is 6.30. The summed E-state index contributed by atoms with van der Waals surface area (Å²) in [5.74, 6) is 3.25. The highest BCUT2D eigenvalue weighted by Crippen LogP contribution is 2.23. The first-order chi connectivity index (χ1) is 8.48. The fourth-order valence-electron chi connectivity index (χ4n) is 1.41. The van der Waals surface area contributed by atoms with Gasteiger partial charge < -0.3 is 10.1 Å². The number of halogens is 2. The summed E-state index contributed by atoms with van der Waals surface area (Å²) in [6.07, 6.45) is 6.25. The molecule has 0 unspecified atom stereocenters. The van der Waals surface area contributed by atoms with Crippen LogP contribution in [-0.2, 0) is 6.54 Å². The summed E-state index contributed by atoms with van der Waals surface area (Å²) >= 11 is 6.01. The molecule has 0 amide bonds. The van der Waals surface area contributed by atoms with E-state index in [2.05, 4.69) is 32.0 Å². The second-order valence-corrected chi connectivity index (χ2v) is 5.27. The molecule has 1 aromatic carbocycles. The highest BCUT2D eigenvalue weighted by atomic mass is 35.5. The zero-order chi connectivity index (χ0) is 13.6. The molecular weight excluding hydrogens is 281 g/mol. The van der Waals surface area contributed by atoms with Crippen LogP contribution in [0.15, 0.2) is 18.2 Å². The maximum Gasteiger partial charge on any atom is 0.148 e. The maximum absolute atomic E-state index is 6.01. The molecule has 0 heterocycles. The predicted octanol–water partition coefficient (Wildman–Crippen LogP) is 4.05. The molecule has 0 saturated carbocycles. The van der Waals surface area contributed by atoms with Crippen LogP contribution in [0.25, 0.3) is 0 Å². The minimum absolute atomic E-state index is 0. The van der Waals surface area contributed by atoms with E-state index in [0.717, 1.165) is 17.7 Å². The van der Waals surface area contributed by atoms with Crippen LogP contribution in [-0.4, -0.2) is 12.1 Å². The Morgan fingerprint density at radius 1 is 1.42 bits per heavy atom. The zero-order valence-corrected chi connectivity index (χ0v) is 13.2. The van der Waals surface area contributed by atoms with Crippen LogP contribution in [0.5, 0.6) is 5.75 Å². The van der Waals surface area contributed by atoms with Crippen LogP contribution in [0.1, 0.15) is 32.8 Å². The van der Waals surface area contributed by atoms with Crippen molar-refractivity contribution in [3.63, 3.8) is 0 Å². The van der Waals surface area contributed by atoms with Gasteiger partial charge in [0.1, 0.15) is 12.4 Å². The molecule has 0 saturated heterocycles. The molecule has 0 aliphatic carbocycles. The summed E-state index contributed by atoms with van der Waals surface area (Å²) in [6.45, 7) is 7.47. The molecule has 0 aliphatic heterocycles. The van der Waals surface area contributed by atoms with E-state index in [-0.39, 0.29) is 24.6 Å². The lowest BCUT2D eigenvalue weighted by Gasteiger charge is -2.25. The summed E-state index contributed by atoms with van der Waals surface area (Å²) in [4.78, 5) is 0. The van der Waals surface area contributed by atoms with Crippen LogP contribution in [0, 0.1) is 12.3 Å². The summed E-state index contributed by atoms with van der Waals surface area (Å²) in [7, 11) is 0. The Hall–Kier alpha value is -0.880. The van der Waals surface area contributed by atoms with Crippen molar-refractivity contribution in [3.8, 4) is 18.1 Å². The summed E-state index contributed by atoms with van der Waals surface area (Å²) in [5, 5.41) is 4.18. The summed E-state index contributed by atoms with van der Waals surface area (Å²) < 4.78 is 5.51. The fraction of sp³-hybridized carbons (Fsp3) is 0.467. The smallest absolute Gasteiger partial charge is 0.148 e. The van der Waals surface area contributed by atoms with Crippen LogP contribution >= 0.6 is 24.0 Å². The Balaban J connectivity index is 0.00000324. The van der Waals surface area contributed by atoms with Gasteiger partial charge in [-0.25, -0.2) is 0 Å². The molecule has 1 N–H and O–H groups in total. The molecule has 1 aromatic rings. The van der Waals surface area contributed by atoms with Gasteiger partial charge in [-0.05, 0) is 38.5 Å². The standard InChI is InChI=1S/C15H20ClNO.ClH/c1-5-9-18-14-8-7-13(16)10-12(14)11-17-15(3,4)6-2;/h1,7-8,10,17H,6,9,11H2,2-4H3;1H. The Morgan fingerprint density at radius 2 is 2.11 bits per heavy atom. The number of nitrogens with one attached hydrogen (secondary N) is 1. The quantitative estimate of drug-likeness (QED) is 0.800. The fourth-order valence-corrected chi connectivity index (χ4v) is 1.60. The van der Waals surface area contributed by atoms with Crippen molar-refractivity contribution < 1.29 is 4.74 Å². The van der Waals surface area contributed by atoms with Crippen LogP contribution < -0.4 is 10.1 Å². The Morgan fingerprint density at radius 3 is 2.68 bits per heavy atom. The first-order valence-electron chi connectivity index (χ1n) is 6.08. The highest BCUT2D eigenvalue weighted by Gasteiger charge is 2.15. The second kappa shape index (κ2) is 8.32. The molecule has 0 radical (unpaired) electrons. The number of ether oxygens (including phenoxy) is 1. The van der Waals surface area contributed by atoms with E-state index in [1.54, 1.807) is 0 Å². The normalized spacial score (nSPS) is 10.5. The van der Waals surface area contributed by atoms with Crippen LogP contribution in [0.2, 0.25) is 5.02 Å². The molecule has 19 heavy (non-hydrogen) atoms. The topological polar surface area (TPSA) is 21.3 Å². The molecule has 0 aliphatic rings. The van der Waals surface area contributed by atoms with E-state index in [9.17, 15) is 0 Å². The number of hydrogen-bond donors (Lipinski definition) is 1. The molecule has 0 spiro atoms. The Labute approximate surface area is 127 Å². The molecule has 4 heteroatoms. The first-order valence-corrected chi connectivity index (χ1v) is 6.46. The summed E-state index contributed by atoms with van der Waals surface area (Å²) in [5.41, 5.74) is 1.12. The third-order valence-corrected chi connectivity index (χ3v) is 3.21. The monoisotopic (exact) mass is 301 g/mol. The Kier molecular flexibility index (Phi) is 7.94. The minimum Gasteiger partial charge on any atom is -0.481 e. The molecule has 1 rings (SSSR count). The second-order valence-electron chi connectivity index (χ2n) is 4.84. The van der Waals surface area contributed by atoms with Crippen molar-refractivity contribution in [2.75, 3.05) is 6.61 Å². The van der Waals surface area contributed by atoms with Gasteiger partial charge >= 0.3 is 0 Å². The Bertz CT molecular complexity index is 438. The van der Waals surface area contributed by atoms with Gasteiger partial charge in [0.25, 0.3) is 0 Å². The molecular formula is C15H21Cl2NO. The number of benzene rings is 1. The van der Waals surface area contributed by atoms with Crippen molar-refractivity contribution in [2.45, 2.75) is 39.3 Å². The zero-order valence-electron chi connectivity index (χ0n) is 11.6. The lowest BCUT2D eigenvalue weighted by atomic mass is 10.0. The molecule has 2 nitrogen and oxygen atoms in total. The third-order valence-electron chi connectivity index (χ3n) is 2.97. The van der Waals surface area contributed by atoms with Crippen molar-refractivity contribution in [2.24, 2.45) is 0 Å². The van der Waals surface area contributed by atoms with Gasteiger partial charge in [0.05, 0.1) is 0 Å².